The summed E-state index contributed by atoms with van der Waals surface area (Å²) in [4.78, 5) is 0. The van der Waals surface area contributed by atoms with Crippen molar-refractivity contribution in [3.8, 4) is 0 Å². The van der Waals surface area contributed by atoms with Crippen LogP contribution in [0.15, 0.2) is 38.5 Å². The maximum atomic E-state index is 12.0. The molecule has 2 aromatic heterocycles. The fourth-order valence-corrected chi connectivity index (χ4v) is 5.02. The van der Waals surface area contributed by atoms with Crippen molar-refractivity contribution in [2.24, 2.45) is 0 Å². The molecule has 0 aliphatic rings. The standard InChI is InChI=1S/C13H17NO3S3/c1-10(11-4-6-18-8-11)14-7-12(15)9-20(16,17)13-3-2-5-19-13/h2-6,8,10,12,14-15H,7,9H2,1H3. The number of thiophene rings is 2. The van der Waals surface area contributed by atoms with Crippen LogP contribution in [0.3, 0.4) is 0 Å². The molecular formula is C13H17NO3S3. The highest BCUT2D eigenvalue weighted by Crippen LogP contribution is 2.19. The smallest absolute Gasteiger partial charge is 0.190 e. The topological polar surface area (TPSA) is 66.4 Å². The summed E-state index contributed by atoms with van der Waals surface area (Å²) in [6, 6.07) is 5.37. The number of hydrogen-bond donors (Lipinski definition) is 2. The van der Waals surface area contributed by atoms with Crippen LogP contribution in [0.5, 0.6) is 0 Å². The molecule has 0 radical (unpaired) electrons. The van der Waals surface area contributed by atoms with E-state index in [-0.39, 0.29) is 18.3 Å². The molecule has 2 rings (SSSR count). The van der Waals surface area contributed by atoms with Crippen molar-refractivity contribution in [3.63, 3.8) is 0 Å². The molecule has 0 spiro atoms. The van der Waals surface area contributed by atoms with Crippen LogP contribution in [0, 0.1) is 0 Å². The summed E-state index contributed by atoms with van der Waals surface area (Å²) in [6.07, 6.45) is -0.914. The molecule has 0 saturated carbocycles. The van der Waals surface area contributed by atoms with E-state index in [1.807, 2.05) is 23.8 Å². The third-order valence-electron chi connectivity index (χ3n) is 2.92. The van der Waals surface area contributed by atoms with Gasteiger partial charge in [0.1, 0.15) is 4.21 Å². The number of aliphatic hydroxyl groups excluding tert-OH is 1. The van der Waals surface area contributed by atoms with Gasteiger partial charge in [-0.1, -0.05) is 6.07 Å². The lowest BCUT2D eigenvalue weighted by molar-refractivity contribution is 0.189. The van der Waals surface area contributed by atoms with Crippen LogP contribution in [0.1, 0.15) is 18.5 Å². The molecule has 110 valence electrons. The third kappa shape index (κ3) is 4.13. The summed E-state index contributed by atoms with van der Waals surface area (Å²) in [6.45, 7) is 2.24. The monoisotopic (exact) mass is 331 g/mol. The number of nitrogens with one attached hydrogen (secondary N) is 1. The van der Waals surface area contributed by atoms with E-state index in [2.05, 4.69) is 5.32 Å². The highest BCUT2D eigenvalue weighted by molar-refractivity contribution is 7.93. The summed E-state index contributed by atoms with van der Waals surface area (Å²) in [5.74, 6) is -0.253. The van der Waals surface area contributed by atoms with Gasteiger partial charge < -0.3 is 10.4 Å². The van der Waals surface area contributed by atoms with Crippen molar-refractivity contribution in [1.82, 2.24) is 5.32 Å². The maximum Gasteiger partial charge on any atom is 0.190 e. The minimum absolute atomic E-state index is 0.0975. The molecule has 2 unspecified atom stereocenters. The maximum absolute atomic E-state index is 12.0. The SMILES string of the molecule is CC(NCC(O)CS(=O)(=O)c1cccs1)c1ccsc1. The zero-order chi connectivity index (χ0) is 14.6. The average molecular weight is 331 g/mol. The van der Waals surface area contributed by atoms with Crippen LogP contribution >= 0.6 is 22.7 Å². The Balaban J connectivity index is 1.85. The summed E-state index contributed by atoms with van der Waals surface area (Å²) in [7, 11) is -3.39. The normalized spacial score (nSPS) is 15.1. The second-order valence-corrected chi connectivity index (χ2v) is 8.54. The fourth-order valence-electron chi connectivity index (χ4n) is 1.79. The van der Waals surface area contributed by atoms with Gasteiger partial charge >= 0.3 is 0 Å². The molecular weight excluding hydrogens is 314 g/mol. The van der Waals surface area contributed by atoms with E-state index in [4.69, 9.17) is 0 Å². The first-order chi connectivity index (χ1) is 9.49. The number of aliphatic hydroxyl groups is 1. The minimum Gasteiger partial charge on any atom is -0.391 e. The van der Waals surface area contributed by atoms with Gasteiger partial charge in [-0.15, -0.1) is 11.3 Å². The number of sulfone groups is 1. The van der Waals surface area contributed by atoms with Gasteiger partial charge in [0.25, 0.3) is 0 Å². The molecule has 0 bridgehead atoms. The van der Waals surface area contributed by atoms with Gasteiger partial charge in [0.15, 0.2) is 9.84 Å². The van der Waals surface area contributed by atoms with Crippen molar-refractivity contribution in [2.45, 2.75) is 23.3 Å². The highest BCUT2D eigenvalue weighted by Gasteiger charge is 2.21. The molecule has 0 saturated heterocycles. The molecule has 2 heterocycles. The molecule has 0 aromatic carbocycles. The fraction of sp³-hybridized carbons (Fsp3) is 0.385. The first-order valence-corrected chi connectivity index (χ1v) is 9.66. The molecule has 7 heteroatoms. The van der Waals surface area contributed by atoms with E-state index < -0.39 is 15.9 Å². The Hall–Kier alpha value is -0.730. The lowest BCUT2D eigenvalue weighted by Crippen LogP contribution is -2.33. The lowest BCUT2D eigenvalue weighted by atomic mass is 10.2. The largest absolute Gasteiger partial charge is 0.391 e. The van der Waals surface area contributed by atoms with Crippen molar-refractivity contribution in [3.05, 3.63) is 39.9 Å². The Morgan fingerprint density at radius 2 is 2.15 bits per heavy atom. The van der Waals surface area contributed by atoms with E-state index in [0.717, 1.165) is 5.56 Å². The van der Waals surface area contributed by atoms with Crippen molar-refractivity contribution in [2.75, 3.05) is 12.3 Å². The molecule has 20 heavy (non-hydrogen) atoms. The molecule has 0 aliphatic carbocycles. The minimum atomic E-state index is -3.39. The van der Waals surface area contributed by atoms with Crippen molar-refractivity contribution >= 4 is 32.5 Å². The van der Waals surface area contributed by atoms with Gasteiger partial charge in [-0.05, 0) is 40.8 Å². The molecule has 2 N–H and O–H groups in total. The number of rotatable bonds is 7. The molecule has 2 aromatic rings. The predicted molar refractivity (Wildman–Crippen MR) is 83.1 cm³/mol. The highest BCUT2D eigenvalue weighted by atomic mass is 32.2. The average Bonchev–Trinajstić information content (AvgIpc) is 3.07. The van der Waals surface area contributed by atoms with E-state index in [1.165, 1.54) is 11.3 Å². The zero-order valence-corrected chi connectivity index (χ0v) is 13.5. The Morgan fingerprint density at radius 3 is 2.75 bits per heavy atom. The first-order valence-electron chi connectivity index (χ1n) is 6.19. The van der Waals surface area contributed by atoms with Gasteiger partial charge in [0.2, 0.25) is 0 Å². The van der Waals surface area contributed by atoms with E-state index in [1.54, 1.807) is 28.8 Å². The Labute approximate surface area is 127 Å². The van der Waals surface area contributed by atoms with Crippen molar-refractivity contribution in [1.29, 1.82) is 0 Å². The summed E-state index contributed by atoms with van der Waals surface area (Å²) in [5, 5.41) is 18.8. The molecule has 0 fully saturated rings. The Bertz CT molecular complexity index is 605. The summed E-state index contributed by atoms with van der Waals surface area (Å²) in [5.41, 5.74) is 1.14. The van der Waals surface area contributed by atoms with Crippen LogP contribution in [0.4, 0.5) is 0 Å². The van der Waals surface area contributed by atoms with Crippen LogP contribution in [0.25, 0.3) is 0 Å². The Kier molecular flexibility index (Phi) is 5.34. The third-order valence-corrected chi connectivity index (χ3v) is 6.90. The van der Waals surface area contributed by atoms with E-state index in [0.29, 0.717) is 4.21 Å². The van der Waals surface area contributed by atoms with Gasteiger partial charge in [0.05, 0.1) is 11.9 Å². The summed E-state index contributed by atoms with van der Waals surface area (Å²) < 4.78 is 24.3. The summed E-state index contributed by atoms with van der Waals surface area (Å²) >= 11 is 2.79. The Morgan fingerprint density at radius 1 is 1.35 bits per heavy atom. The quantitative estimate of drug-likeness (QED) is 0.817. The number of hydrogen-bond acceptors (Lipinski definition) is 6. The van der Waals surface area contributed by atoms with Crippen molar-refractivity contribution < 1.29 is 13.5 Å². The van der Waals surface area contributed by atoms with Gasteiger partial charge in [-0.3, -0.25) is 0 Å². The van der Waals surface area contributed by atoms with E-state index >= 15 is 0 Å². The van der Waals surface area contributed by atoms with Crippen LogP contribution in [-0.2, 0) is 9.84 Å². The lowest BCUT2D eigenvalue weighted by Gasteiger charge is -2.16. The van der Waals surface area contributed by atoms with Crippen LogP contribution < -0.4 is 5.32 Å². The van der Waals surface area contributed by atoms with Gasteiger partial charge in [-0.25, -0.2) is 8.42 Å². The zero-order valence-electron chi connectivity index (χ0n) is 11.0. The van der Waals surface area contributed by atoms with Gasteiger partial charge in [-0.2, -0.15) is 11.3 Å². The molecule has 0 aliphatic heterocycles. The van der Waals surface area contributed by atoms with Gasteiger partial charge in [0, 0.05) is 12.6 Å². The molecule has 2 atom stereocenters. The first kappa shape index (κ1) is 15.7. The predicted octanol–water partition coefficient (Wildman–Crippen LogP) is 2.29. The van der Waals surface area contributed by atoms with Crippen LogP contribution in [0.2, 0.25) is 0 Å². The van der Waals surface area contributed by atoms with Crippen LogP contribution in [-0.4, -0.2) is 31.9 Å². The molecule has 0 amide bonds. The second-order valence-electron chi connectivity index (χ2n) is 4.55. The van der Waals surface area contributed by atoms with E-state index in [9.17, 15) is 13.5 Å². The second kappa shape index (κ2) is 6.82. The molecule has 4 nitrogen and oxygen atoms in total.